The fourth-order valence-electron chi connectivity index (χ4n) is 2.94. The smallest absolute Gasteiger partial charge is 0.273 e. The summed E-state index contributed by atoms with van der Waals surface area (Å²) in [7, 11) is 0. The molecule has 0 saturated heterocycles. The summed E-state index contributed by atoms with van der Waals surface area (Å²) in [5.74, 6) is -2.21. The van der Waals surface area contributed by atoms with Crippen LogP contribution in [0.1, 0.15) is 15.9 Å². The fraction of sp³-hybridized carbons (Fsp3) is 0. The first-order valence-electron chi connectivity index (χ1n) is 6.93. The Morgan fingerprint density at radius 1 is 0.913 bits per heavy atom. The maximum Gasteiger partial charge on any atom is 0.273 e. The fourth-order valence-corrected chi connectivity index (χ4v) is 2.94. The Morgan fingerprint density at radius 2 is 1.61 bits per heavy atom. The van der Waals surface area contributed by atoms with Crippen molar-refractivity contribution < 1.29 is 18.3 Å². The van der Waals surface area contributed by atoms with Crippen molar-refractivity contribution in [2.45, 2.75) is 0 Å². The lowest BCUT2D eigenvalue weighted by molar-refractivity contribution is -0.355. The van der Waals surface area contributed by atoms with Crippen molar-refractivity contribution in [3.05, 3.63) is 82.6 Å². The minimum atomic E-state index is -0.838. The highest BCUT2D eigenvalue weighted by atomic mass is 19.1. The minimum Gasteiger partial charge on any atom is -0.618 e. The molecule has 0 unspecified atom stereocenters. The molecule has 5 heteroatoms. The van der Waals surface area contributed by atoms with E-state index in [2.05, 4.69) is 0 Å². The first-order valence-corrected chi connectivity index (χ1v) is 6.93. The Kier molecular flexibility index (Phi) is 2.78. The van der Waals surface area contributed by atoms with E-state index >= 15 is 0 Å². The second-order valence-electron chi connectivity index (χ2n) is 5.31. The maximum atomic E-state index is 13.4. The standard InChI is InChI=1S/C18H9F2NO2/c19-12-7-11(8-13(20)9-12)17-18(22)16-14-4-2-1-3-10(14)5-6-15(16)21(17)23/h1-9H. The summed E-state index contributed by atoms with van der Waals surface area (Å²) in [5.41, 5.74) is 0.115. The van der Waals surface area contributed by atoms with Crippen molar-refractivity contribution in [1.82, 2.24) is 0 Å². The number of hydrogen-bond acceptors (Lipinski definition) is 2. The van der Waals surface area contributed by atoms with E-state index in [0.717, 1.165) is 17.5 Å². The summed E-state index contributed by atoms with van der Waals surface area (Å²) in [6, 6.07) is 13.1. The van der Waals surface area contributed by atoms with Gasteiger partial charge in [-0.2, -0.15) is 4.74 Å². The van der Waals surface area contributed by atoms with Crippen molar-refractivity contribution in [3.63, 3.8) is 0 Å². The van der Waals surface area contributed by atoms with Crippen LogP contribution in [0.5, 0.6) is 0 Å². The van der Waals surface area contributed by atoms with Crippen LogP contribution in [0.4, 0.5) is 14.5 Å². The highest BCUT2D eigenvalue weighted by molar-refractivity contribution is 6.53. The minimum absolute atomic E-state index is 0.0669. The molecule has 0 aliphatic carbocycles. The molecule has 1 aliphatic rings. The number of fused-ring (bicyclic) bond motifs is 3. The zero-order valence-electron chi connectivity index (χ0n) is 11.7. The zero-order valence-corrected chi connectivity index (χ0v) is 11.7. The van der Waals surface area contributed by atoms with Gasteiger partial charge in [-0.05, 0) is 29.0 Å². The molecule has 0 N–H and O–H groups in total. The lowest BCUT2D eigenvalue weighted by Crippen LogP contribution is -2.17. The van der Waals surface area contributed by atoms with Crippen LogP contribution in [-0.2, 0) is 0 Å². The normalized spacial score (nSPS) is 13.7. The molecule has 23 heavy (non-hydrogen) atoms. The topological polar surface area (TPSA) is 43.1 Å². The second-order valence-corrected chi connectivity index (χ2v) is 5.31. The highest BCUT2D eigenvalue weighted by Gasteiger charge is 2.38. The van der Waals surface area contributed by atoms with Gasteiger partial charge in [0.15, 0.2) is 0 Å². The highest BCUT2D eigenvalue weighted by Crippen LogP contribution is 2.34. The van der Waals surface area contributed by atoms with Crippen molar-refractivity contribution in [1.29, 1.82) is 0 Å². The molecule has 1 heterocycles. The van der Waals surface area contributed by atoms with Crippen LogP contribution in [0.15, 0.2) is 54.6 Å². The number of Topliss-reactive ketones (excluding diaryl/α,β-unsaturated/α-hetero) is 1. The molecule has 1 aliphatic heterocycles. The van der Waals surface area contributed by atoms with E-state index in [-0.39, 0.29) is 22.5 Å². The van der Waals surface area contributed by atoms with Crippen LogP contribution in [0.2, 0.25) is 0 Å². The van der Waals surface area contributed by atoms with E-state index in [1.165, 1.54) is 0 Å². The molecular weight excluding hydrogens is 300 g/mol. The van der Waals surface area contributed by atoms with Crippen LogP contribution in [0.25, 0.3) is 10.8 Å². The Labute approximate surface area is 129 Å². The van der Waals surface area contributed by atoms with Crippen LogP contribution in [0, 0.1) is 16.8 Å². The summed E-state index contributed by atoms with van der Waals surface area (Å²) in [6.07, 6.45) is 0. The third kappa shape index (κ3) is 1.93. The van der Waals surface area contributed by atoms with Crippen LogP contribution < -0.4 is 0 Å². The molecule has 0 radical (unpaired) electrons. The Bertz CT molecular complexity index is 1000. The van der Waals surface area contributed by atoms with E-state index in [4.69, 9.17) is 0 Å². The van der Waals surface area contributed by atoms with E-state index in [9.17, 15) is 18.8 Å². The summed E-state index contributed by atoms with van der Waals surface area (Å²) in [6.45, 7) is 0. The quantitative estimate of drug-likeness (QED) is 0.504. The van der Waals surface area contributed by atoms with Gasteiger partial charge in [0.1, 0.15) is 17.2 Å². The van der Waals surface area contributed by atoms with Gasteiger partial charge in [-0.3, -0.25) is 4.79 Å². The molecule has 112 valence electrons. The molecule has 0 saturated carbocycles. The summed E-state index contributed by atoms with van der Waals surface area (Å²) in [5, 5.41) is 13.9. The molecule has 3 nitrogen and oxygen atoms in total. The van der Waals surface area contributed by atoms with Gasteiger partial charge in [-0.1, -0.05) is 24.3 Å². The van der Waals surface area contributed by atoms with Crippen molar-refractivity contribution in [2.75, 3.05) is 0 Å². The number of carbonyl (C=O) groups excluding carboxylic acids is 1. The van der Waals surface area contributed by atoms with E-state index in [1.807, 2.05) is 12.1 Å². The molecular formula is C18H9F2NO2. The average Bonchev–Trinajstić information content (AvgIpc) is 2.78. The number of carbonyl (C=O) groups is 1. The van der Waals surface area contributed by atoms with Gasteiger partial charge in [-0.25, -0.2) is 8.78 Å². The third-order valence-corrected chi connectivity index (χ3v) is 3.91. The van der Waals surface area contributed by atoms with Gasteiger partial charge in [0.05, 0.1) is 5.56 Å². The predicted octanol–water partition coefficient (Wildman–Crippen LogP) is 3.95. The SMILES string of the molecule is O=C1C(c2cc(F)cc(F)c2)=[N+]([O-])c2ccc3ccccc3c21. The van der Waals surface area contributed by atoms with Crippen molar-refractivity contribution >= 4 is 28.0 Å². The van der Waals surface area contributed by atoms with Crippen LogP contribution in [-0.4, -0.2) is 16.2 Å². The molecule has 0 fully saturated rings. The predicted molar refractivity (Wildman–Crippen MR) is 82.0 cm³/mol. The first-order chi connectivity index (χ1) is 11.1. The number of nitrogens with zero attached hydrogens (tertiary/aromatic N) is 1. The average molecular weight is 309 g/mol. The van der Waals surface area contributed by atoms with Gasteiger partial charge in [-0.15, -0.1) is 0 Å². The molecule has 0 amide bonds. The molecule has 4 rings (SSSR count). The summed E-state index contributed by atoms with van der Waals surface area (Å²) < 4.78 is 27.3. The van der Waals surface area contributed by atoms with E-state index < -0.39 is 17.4 Å². The number of ketones is 1. The van der Waals surface area contributed by atoms with Gasteiger partial charge >= 0.3 is 0 Å². The largest absolute Gasteiger partial charge is 0.618 e. The molecule has 3 aromatic rings. The summed E-state index contributed by atoms with van der Waals surface area (Å²) in [4.78, 5) is 12.7. The van der Waals surface area contributed by atoms with E-state index in [1.54, 1.807) is 24.3 Å². The number of benzene rings is 3. The molecule has 0 aromatic heterocycles. The zero-order chi connectivity index (χ0) is 16.1. The Hall–Kier alpha value is -3.08. The van der Waals surface area contributed by atoms with Crippen molar-refractivity contribution in [3.8, 4) is 0 Å². The number of halogens is 2. The monoisotopic (exact) mass is 309 g/mol. The Morgan fingerprint density at radius 3 is 2.35 bits per heavy atom. The van der Waals surface area contributed by atoms with Crippen LogP contribution >= 0.6 is 0 Å². The van der Waals surface area contributed by atoms with Gasteiger partial charge < -0.3 is 5.21 Å². The molecule has 0 spiro atoms. The maximum absolute atomic E-state index is 13.4. The lowest BCUT2D eigenvalue weighted by Gasteiger charge is -2.03. The first kappa shape index (κ1) is 13.6. The van der Waals surface area contributed by atoms with Crippen molar-refractivity contribution in [2.24, 2.45) is 0 Å². The van der Waals surface area contributed by atoms with Gasteiger partial charge in [0.2, 0.25) is 5.69 Å². The van der Waals surface area contributed by atoms with Gasteiger partial charge in [0.25, 0.3) is 11.5 Å². The summed E-state index contributed by atoms with van der Waals surface area (Å²) >= 11 is 0. The lowest BCUT2D eigenvalue weighted by atomic mass is 9.97. The second kappa shape index (κ2) is 4.71. The molecule has 0 bridgehead atoms. The third-order valence-electron chi connectivity index (χ3n) is 3.91. The molecule has 3 aromatic carbocycles. The number of rotatable bonds is 1. The van der Waals surface area contributed by atoms with Gasteiger partial charge in [0, 0.05) is 12.1 Å². The number of hydrogen-bond donors (Lipinski definition) is 0. The molecule has 0 atom stereocenters. The van der Waals surface area contributed by atoms with Crippen LogP contribution in [0.3, 0.4) is 0 Å². The van der Waals surface area contributed by atoms with E-state index in [0.29, 0.717) is 16.2 Å². The Balaban J connectivity index is 1.99.